The van der Waals surface area contributed by atoms with E-state index in [-0.39, 0.29) is 5.91 Å². The van der Waals surface area contributed by atoms with Crippen molar-refractivity contribution < 1.29 is 4.79 Å². The molecule has 3 aromatic rings. The van der Waals surface area contributed by atoms with Crippen LogP contribution in [0.15, 0.2) is 60.9 Å². The highest BCUT2D eigenvalue weighted by Gasteiger charge is 2.03. The van der Waals surface area contributed by atoms with Gasteiger partial charge in [-0.3, -0.25) is 4.79 Å². The highest BCUT2D eigenvalue weighted by atomic mass is 16.1. The van der Waals surface area contributed by atoms with Crippen molar-refractivity contribution in [3.63, 3.8) is 0 Å². The summed E-state index contributed by atoms with van der Waals surface area (Å²) >= 11 is 0. The molecule has 0 fully saturated rings. The van der Waals surface area contributed by atoms with Gasteiger partial charge < -0.3 is 15.0 Å². The molecule has 0 spiro atoms. The van der Waals surface area contributed by atoms with Gasteiger partial charge in [-0.05, 0) is 35.4 Å². The molecule has 2 aromatic heterocycles. The van der Waals surface area contributed by atoms with Crippen molar-refractivity contribution >= 4 is 11.4 Å². The zero-order valence-corrected chi connectivity index (χ0v) is 13.3. The second kappa shape index (κ2) is 7.11. The van der Waals surface area contributed by atoms with Gasteiger partial charge in [-0.15, -0.1) is 0 Å². The number of nitrogens with one attached hydrogen (secondary N) is 2. The molecule has 118 valence electrons. The van der Waals surface area contributed by atoms with Crippen LogP contribution in [0.5, 0.6) is 0 Å². The minimum Gasteiger partial charge on any atom is -0.355 e. The van der Waals surface area contributed by atoms with Gasteiger partial charge in [0.1, 0.15) is 0 Å². The number of benzene rings is 1. The highest BCUT2D eigenvalue weighted by Crippen LogP contribution is 2.23. The molecule has 0 radical (unpaired) electrons. The molecular formula is C19H21N3O. The normalized spacial score (nSPS) is 10.8. The van der Waals surface area contributed by atoms with Crippen molar-refractivity contribution in [2.75, 3.05) is 13.1 Å². The molecule has 23 heavy (non-hydrogen) atoms. The fourth-order valence-electron chi connectivity index (χ4n) is 2.63. The van der Waals surface area contributed by atoms with Crippen molar-refractivity contribution in [3.05, 3.63) is 66.5 Å². The van der Waals surface area contributed by atoms with Crippen LogP contribution in [0.25, 0.3) is 16.6 Å². The number of amides is 1. The molecule has 1 amide bonds. The van der Waals surface area contributed by atoms with E-state index in [0.717, 1.165) is 13.1 Å². The van der Waals surface area contributed by atoms with Gasteiger partial charge in [0.2, 0.25) is 5.91 Å². The van der Waals surface area contributed by atoms with E-state index in [1.807, 2.05) is 6.07 Å². The van der Waals surface area contributed by atoms with E-state index < -0.39 is 0 Å². The Hall–Kier alpha value is -2.59. The number of aromatic nitrogens is 1. The molecule has 0 aliphatic heterocycles. The van der Waals surface area contributed by atoms with Crippen LogP contribution in [0.3, 0.4) is 0 Å². The van der Waals surface area contributed by atoms with Crippen LogP contribution in [0.1, 0.15) is 12.5 Å². The fourth-order valence-corrected chi connectivity index (χ4v) is 2.63. The molecule has 0 bridgehead atoms. The van der Waals surface area contributed by atoms with Gasteiger partial charge in [-0.1, -0.05) is 24.3 Å². The molecule has 0 aliphatic carbocycles. The summed E-state index contributed by atoms with van der Waals surface area (Å²) in [4.78, 5) is 10.8. The second-order valence-electron chi connectivity index (χ2n) is 5.62. The summed E-state index contributed by atoms with van der Waals surface area (Å²) in [6, 6.07) is 16.9. The molecule has 0 unspecified atom stereocenters. The zero-order valence-electron chi connectivity index (χ0n) is 13.3. The summed E-state index contributed by atoms with van der Waals surface area (Å²) in [6.45, 7) is 3.74. The quantitative estimate of drug-likeness (QED) is 0.688. The van der Waals surface area contributed by atoms with Gasteiger partial charge in [-0.2, -0.15) is 0 Å². The number of nitrogens with zero attached hydrogens (tertiary/aromatic N) is 1. The maximum Gasteiger partial charge on any atom is 0.216 e. The Balaban J connectivity index is 1.66. The van der Waals surface area contributed by atoms with E-state index in [0.29, 0.717) is 6.54 Å². The third-order valence-corrected chi connectivity index (χ3v) is 3.77. The van der Waals surface area contributed by atoms with Crippen LogP contribution in [-0.2, 0) is 11.3 Å². The van der Waals surface area contributed by atoms with Crippen LogP contribution < -0.4 is 10.6 Å². The molecule has 1 aromatic carbocycles. The first-order valence-corrected chi connectivity index (χ1v) is 7.83. The zero-order chi connectivity index (χ0) is 16.1. The Kier molecular flexibility index (Phi) is 4.74. The standard InChI is InChI=1S/C19H21N3O/c1-15(23)21-9-8-20-13-16-5-4-6-17(11-16)18-12-19-7-2-3-10-22(19)14-18/h2-7,10-12,14,20H,8-9,13H2,1H3,(H,21,23). The van der Waals surface area contributed by atoms with E-state index in [9.17, 15) is 4.79 Å². The van der Waals surface area contributed by atoms with E-state index in [1.165, 1.54) is 29.1 Å². The first kappa shape index (κ1) is 15.3. The predicted molar refractivity (Wildman–Crippen MR) is 93.2 cm³/mol. The van der Waals surface area contributed by atoms with Crippen LogP contribution in [0, 0.1) is 0 Å². The fraction of sp³-hybridized carbons (Fsp3) is 0.211. The lowest BCUT2D eigenvalue weighted by atomic mass is 10.1. The predicted octanol–water partition coefficient (Wildman–Crippen LogP) is 2.83. The molecular weight excluding hydrogens is 286 g/mol. The summed E-state index contributed by atoms with van der Waals surface area (Å²) in [7, 11) is 0. The number of hydrogen-bond donors (Lipinski definition) is 2. The van der Waals surface area contributed by atoms with Crippen LogP contribution in [-0.4, -0.2) is 23.4 Å². The molecule has 4 heteroatoms. The minimum absolute atomic E-state index is 0.00886. The molecule has 0 atom stereocenters. The lowest BCUT2D eigenvalue weighted by molar-refractivity contribution is -0.118. The van der Waals surface area contributed by atoms with Crippen molar-refractivity contribution in [3.8, 4) is 11.1 Å². The summed E-state index contributed by atoms with van der Waals surface area (Å²) in [5.41, 5.74) is 4.87. The number of pyridine rings is 1. The Morgan fingerprint density at radius 2 is 1.96 bits per heavy atom. The Morgan fingerprint density at radius 3 is 2.78 bits per heavy atom. The minimum atomic E-state index is 0.00886. The SMILES string of the molecule is CC(=O)NCCNCc1cccc(-c2cc3ccccn3c2)c1. The molecule has 2 N–H and O–H groups in total. The topological polar surface area (TPSA) is 45.5 Å². The number of carbonyl (C=O) groups excluding carboxylic acids is 1. The summed E-state index contributed by atoms with van der Waals surface area (Å²) in [6.07, 6.45) is 4.21. The third kappa shape index (κ3) is 3.99. The smallest absolute Gasteiger partial charge is 0.216 e. The summed E-state index contributed by atoms with van der Waals surface area (Å²) in [5, 5.41) is 6.12. The maximum atomic E-state index is 10.8. The first-order valence-electron chi connectivity index (χ1n) is 7.83. The van der Waals surface area contributed by atoms with Gasteiger partial charge in [0, 0.05) is 50.0 Å². The van der Waals surface area contributed by atoms with E-state index in [2.05, 4.69) is 69.9 Å². The van der Waals surface area contributed by atoms with Gasteiger partial charge in [-0.25, -0.2) is 0 Å². The van der Waals surface area contributed by atoms with E-state index in [1.54, 1.807) is 0 Å². The van der Waals surface area contributed by atoms with Gasteiger partial charge in [0.25, 0.3) is 0 Å². The monoisotopic (exact) mass is 307 g/mol. The number of rotatable bonds is 6. The van der Waals surface area contributed by atoms with E-state index >= 15 is 0 Å². The van der Waals surface area contributed by atoms with E-state index in [4.69, 9.17) is 0 Å². The largest absolute Gasteiger partial charge is 0.355 e. The second-order valence-corrected chi connectivity index (χ2v) is 5.62. The molecule has 4 nitrogen and oxygen atoms in total. The number of hydrogen-bond acceptors (Lipinski definition) is 2. The number of fused-ring (bicyclic) bond motifs is 1. The van der Waals surface area contributed by atoms with Crippen molar-refractivity contribution in [2.24, 2.45) is 0 Å². The van der Waals surface area contributed by atoms with Gasteiger partial charge in [0.15, 0.2) is 0 Å². The Bertz CT molecular complexity index is 774. The van der Waals surface area contributed by atoms with Gasteiger partial charge >= 0.3 is 0 Å². The lowest BCUT2D eigenvalue weighted by Gasteiger charge is -2.07. The molecule has 3 rings (SSSR count). The first-order chi connectivity index (χ1) is 11.2. The Morgan fingerprint density at radius 1 is 1.04 bits per heavy atom. The average Bonchev–Trinajstić information content (AvgIpc) is 2.99. The average molecular weight is 307 g/mol. The van der Waals surface area contributed by atoms with Crippen molar-refractivity contribution in [2.45, 2.75) is 13.5 Å². The lowest BCUT2D eigenvalue weighted by Crippen LogP contribution is -2.29. The molecule has 0 saturated heterocycles. The van der Waals surface area contributed by atoms with Crippen LogP contribution in [0.4, 0.5) is 0 Å². The van der Waals surface area contributed by atoms with Crippen LogP contribution in [0.2, 0.25) is 0 Å². The maximum absolute atomic E-state index is 10.8. The Labute approximate surface area is 136 Å². The molecule has 0 aliphatic rings. The third-order valence-electron chi connectivity index (χ3n) is 3.77. The summed E-state index contributed by atoms with van der Waals surface area (Å²) < 4.78 is 2.13. The summed E-state index contributed by atoms with van der Waals surface area (Å²) in [5.74, 6) is 0.00886. The van der Waals surface area contributed by atoms with Crippen molar-refractivity contribution in [1.29, 1.82) is 0 Å². The molecule has 0 saturated carbocycles. The molecule has 2 heterocycles. The highest BCUT2D eigenvalue weighted by molar-refractivity contribution is 5.72. The van der Waals surface area contributed by atoms with Crippen molar-refractivity contribution in [1.82, 2.24) is 15.0 Å². The van der Waals surface area contributed by atoms with Gasteiger partial charge in [0.05, 0.1) is 0 Å². The number of carbonyl (C=O) groups is 1. The van der Waals surface area contributed by atoms with Crippen LogP contribution >= 0.6 is 0 Å².